The molecule has 21 heavy (non-hydrogen) atoms. The minimum absolute atomic E-state index is 0.0974. The smallest absolute Gasteiger partial charge is 0.258 e. The normalized spacial score (nSPS) is 16.3. The van der Waals surface area contributed by atoms with Crippen molar-refractivity contribution in [2.45, 2.75) is 24.9 Å². The fraction of sp³-hybridized carbons (Fsp3) is 0.583. The van der Waals surface area contributed by atoms with Gasteiger partial charge in [-0.1, -0.05) is 0 Å². The lowest BCUT2D eigenvalue weighted by Gasteiger charge is -2.40. The summed E-state index contributed by atoms with van der Waals surface area (Å²) in [5.41, 5.74) is -0.0974. The second-order valence-corrected chi connectivity index (χ2v) is 4.97. The van der Waals surface area contributed by atoms with Crippen LogP contribution in [0.4, 0.5) is 11.9 Å². The van der Waals surface area contributed by atoms with Gasteiger partial charge >= 0.3 is 0 Å². The molecule has 1 aliphatic rings. The third kappa shape index (κ3) is 2.77. The molecule has 0 unspecified atom stereocenters. The Morgan fingerprint density at radius 3 is 2.67 bits per heavy atom. The van der Waals surface area contributed by atoms with Gasteiger partial charge in [-0.05, 0) is 19.3 Å². The van der Waals surface area contributed by atoms with Crippen molar-refractivity contribution < 1.29 is 4.74 Å². The van der Waals surface area contributed by atoms with Gasteiger partial charge in [0.1, 0.15) is 12.7 Å². The topological polar surface area (TPSA) is 103 Å². The summed E-state index contributed by atoms with van der Waals surface area (Å²) in [7, 11) is 3.50. The standard InChI is InChI=1S/C12H18N8O/c1-13-9-17-10(15-6-12(21-2)4-3-5-12)19-11(18-9)20-8-14-7-16-20/h7-8H,3-6H2,1-2H3,(H2,13,15,17,18,19). The first-order valence-corrected chi connectivity index (χ1v) is 6.82. The van der Waals surface area contributed by atoms with E-state index in [4.69, 9.17) is 4.74 Å². The summed E-state index contributed by atoms with van der Waals surface area (Å²) in [6.07, 6.45) is 6.27. The highest BCUT2D eigenvalue weighted by Gasteiger charge is 2.36. The summed E-state index contributed by atoms with van der Waals surface area (Å²) in [4.78, 5) is 16.8. The lowest BCUT2D eigenvalue weighted by atomic mass is 9.80. The first kappa shape index (κ1) is 13.7. The Kier molecular flexibility index (Phi) is 3.65. The fourth-order valence-electron chi connectivity index (χ4n) is 2.23. The van der Waals surface area contributed by atoms with Crippen molar-refractivity contribution in [3.05, 3.63) is 12.7 Å². The highest BCUT2D eigenvalue weighted by molar-refractivity contribution is 5.37. The molecule has 0 spiro atoms. The van der Waals surface area contributed by atoms with Crippen molar-refractivity contribution in [3.63, 3.8) is 0 Å². The van der Waals surface area contributed by atoms with E-state index in [1.54, 1.807) is 20.5 Å². The molecule has 1 aliphatic carbocycles. The number of hydrogen-bond donors (Lipinski definition) is 2. The van der Waals surface area contributed by atoms with Crippen LogP contribution in [-0.2, 0) is 4.74 Å². The Balaban J connectivity index is 1.79. The predicted molar refractivity (Wildman–Crippen MR) is 76.4 cm³/mol. The molecule has 9 nitrogen and oxygen atoms in total. The highest BCUT2D eigenvalue weighted by Crippen LogP contribution is 2.34. The summed E-state index contributed by atoms with van der Waals surface area (Å²) < 4.78 is 7.07. The maximum absolute atomic E-state index is 5.58. The van der Waals surface area contributed by atoms with Gasteiger partial charge in [0.05, 0.1) is 5.60 Å². The average Bonchev–Trinajstić information content (AvgIpc) is 3.00. The van der Waals surface area contributed by atoms with E-state index in [-0.39, 0.29) is 5.60 Å². The first-order valence-electron chi connectivity index (χ1n) is 6.82. The number of methoxy groups -OCH3 is 1. The number of aromatic nitrogens is 6. The summed E-state index contributed by atoms with van der Waals surface area (Å²) >= 11 is 0. The minimum atomic E-state index is -0.0974. The monoisotopic (exact) mass is 290 g/mol. The molecule has 2 aromatic heterocycles. The molecule has 0 aliphatic heterocycles. The van der Waals surface area contributed by atoms with Gasteiger partial charge in [0.25, 0.3) is 5.95 Å². The van der Waals surface area contributed by atoms with Crippen molar-refractivity contribution in [2.24, 2.45) is 0 Å². The van der Waals surface area contributed by atoms with Crippen LogP contribution in [0.2, 0.25) is 0 Å². The van der Waals surface area contributed by atoms with Crippen molar-refractivity contribution in [1.29, 1.82) is 0 Å². The van der Waals surface area contributed by atoms with Crippen molar-refractivity contribution in [1.82, 2.24) is 29.7 Å². The Bertz CT molecular complexity index is 590. The molecule has 9 heteroatoms. The fourth-order valence-corrected chi connectivity index (χ4v) is 2.23. The second-order valence-electron chi connectivity index (χ2n) is 4.97. The molecule has 112 valence electrons. The van der Waals surface area contributed by atoms with Gasteiger partial charge in [0.15, 0.2) is 0 Å². The van der Waals surface area contributed by atoms with E-state index in [0.29, 0.717) is 24.4 Å². The van der Waals surface area contributed by atoms with Crippen LogP contribution >= 0.6 is 0 Å². The average molecular weight is 290 g/mol. The van der Waals surface area contributed by atoms with E-state index in [1.165, 1.54) is 17.4 Å². The van der Waals surface area contributed by atoms with Crippen LogP contribution in [-0.4, -0.2) is 56.0 Å². The minimum Gasteiger partial charge on any atom is -0.376 e. The van der Waals surface area contributed by atoms with Crippen molar-refractivity contribution in [2.75, 3.05) is 31.3 Å². The Labute approximate surface area is 122 Å². The van der Waals surface area contributed by atoms with Crippen LogP contribution in [0.15, 0.2) is 12.7 Å². The Morgan fingerprint density at radius 2 is 2.10 bits per heavy atom. The van der Waals surface area contributed by atoms with E-state index < -0.39 is 0 Å². The molecule has 1 saturated carbocycles. The van der Waals surface area contributed by atoms with E-state index >= 15 is 0 Å². The number of anilines is 2. The molecule has 2 N–H and O–H groups in total. The zero-order valence-electron chi connectivity index (χ0n) is 12.1. The number of nitrogens with zero attached hydrogens (tertiary/aromatic N) is 6. The third-order valence-corrected chi connectivity index (χ3v) is 3.74. The Hall–Kier alpha value is -2.29. The van der Waals surface area contributed by atoms with Crippen LogP contribution in [0.3, 0.4) is 0 Å². The summed E-state index contributed by atoms with van der Waals surface area (Å²) in [5.74, 6) is 1.37. The quantitative estimate of drug-likeness (QED) is 0.791. The van der Waals surface area contributed by atoms with Crippen LogP contribution < -0.4 is 10.6 Å². The molecule has 0 radical (unpaired) electrons. The maximum Gasteiger partial charge on any atom is 0.258 e. The molecule has 0 bridgehead atoms. The highest BCUT2D eigenvalue weighted by atomic mass is 16.5. The van der Waals surface area contributed by atoms with E-state index in [0.717, 1.165) is 12.8 Å². The number of nitrogens with one attached hydrogen (secondary N) is 2. The molecule has 0 atom stereocenters. The molecule has 2 heterocycles. The summed E-state index contributed by atoms with van der Waals surface area (Å²) in [6.45, 7) is 0.674. The summed E-state index contributed by atoms with van der Waals surface area (Å²) in [5, 5.41) is 10.2. The van der Waals surface area contributed by atoms with Gasteiger partial charge in [0.2, 0.25) is 11.9 Å². The third-order valence-electron chi connectivity index (χ3n) is 3.74. The second kappa shape index (κ2) is 5.60. The van der Waals surface area contributed by atoms with Crippen LogP contribution in [0.5, 0.6) is 0 Å². The number of rotatable bonds is 6. The molecule has 3 rings (SSSR count). The van der Waals surface area contributed by atoms with Gasteiger partial charge in [-0.3, -0.25) is 0 Å². The van der Waals surface area contributed by atoms with Gasteiger partial charge < -0.3 is 15.4 Å². The molecule has 0 saturated heterocycles. The zero-order valence-corrected chi connectivity index (χ0v) is 12.1. The van der Waals surface area contributed by atoms with Gasteiger partial charge in [-0.15, -0.1) is 0 Å². The predicted octanol–water partition coefficient (Wildman–Crippen LogP) is 0.475. The molecule has 0 amide bonds. The SMILES string of the molecule is CNc1nc(NCC2(OC)CCC2)nc(-n2cncn2)n1. The van der Waals surface area contributed by atoms with Crippen molar-refractivity contribution in [3.8, 4) is 5.95 Å². The Morgan fingerprint density at radius 1 is 1.29 bits per heavy atom. The number of ether oxygens (including phenoxy) is 1. The van der Waals surface area contributed by atoms with Crippen LogP contribution in [0.25, 0.3) is 5.95 Å². The maximum atomic E-state index is 5.58. The number of hydrogen-bond acceptors (Lipinski definition) is 8. The van der Waals surface area contributed by atoms with E-state index in [2.05, 4.69) is 35.7 Å². The van der Waals surface area contributed by atoms with Crippen LogP contribution in [0, 0.1) is 0 Å². The van der Waals surface area contributed by atoms with Crippen LogP contribution in [0.1, 0.15) is 19.3 Å². The van der Waals surface area contributed by atoms with E-state index in [9.17, 15) is 0 Å². The lowest BCUT2D eigenvalue weighted by molar-refractivity contribution is -0.0602. The zero-order chi connectivity index (χ0) is 14.7. The lowest BCUT2D eigenvalue weighted by Crippen LogP contribution is -2.45. The molecule has 0 aromatic carbocycles. The first-order chi connectivity index (χ1) is 10.2. The molecule has 1 fully saturated rings. The largest absolute Gasteiger partial charge is 0.376 e. The van der Waals surface area contributed by atoms with Gasteiger partial charge in [-0.25, -0.2) is 4.98 Å². The summed E-state index contributed by atoms with van der Waals surface area (Å²) in [6, 6.07) is 0. The molecular formula is C12H18N8O. The van der Waals surface area contributed by atoms with Gasteiger partial charge in [-0.2, -0.15) is 24.7 Å². The molecular weight excluding hydrogens is 272 g/mol. The molecule has 2 aromatic rings. The van der Waals surface area contributed by atoms with Crippen molar-refractivity contribution >= 4 is 11.9 Å². The van der Waals surface area contributed by atoms with E-state index in [1.807, 2.05) is 0 Å². The van der Waals surface area contributed by atoms with Gasteiger partial charge in [0, 0.05) is 20.7 Å².